The third kappa shape index (κ3) is 4.75. The van der Waals surface area contributed by atoms with E-state index >= 15 is 4.39 Å². The van der Waals surface area contributed by atoms with E-state index in [1.54, 1.807) is 0 Å². The number of rotatable bonds is 8. The van der Waals surface area contributed by atoms with Crippen molar-refractivity contribution in [2.24, 2.45) is 0 Å². The molecule has 3 aliphatic rings. The van der Waals surface area contributed by atoms with E-state index in [4.69, 9.17) is 20.2 Å². The standard InChI is InChI=1S/C32H30F2N8O2S/c1-42-8-2-3-17(42)12-44-32-38-28-26(31(39-32)37-11-16-9-23(41-40-16)15-4-5-15)21-14-43-13-20(21)24(27(28)34)18-6-7-22(33)29-25(18)19(10-35)30(36)45-29/h6-7,9,15,17H,2-5,8,11-14,36H2,1H3,(H,40,41)(H,37,38,39)/t17-/m0/s1. The third-order valence-corrected chi connectivity index (χ3v) is 10.2. The van der Waals surface area contributed by atoms with Gasteiger partial charge in [-0.1, -0.05) is 6.07 Å². The van der Waals surface area contributed by atoms with Gasteiger partial charge >= 0.3 is 6.01 Å². The van der Waals surface area contributed by atoms with Crippen LogP contribution in [0, 0.1) is 23.0 Å². The molecule has 1 saturated carbocycles. The first-order chi connectivity index (χ1) is 21.9. The van der Waals surface area contributed by atoms with Gasteiger partial charge in [-0.2, -0.15) is 20.3 Å². The van der Waals surface area contributed by atoms with Crippen molar-refractivity contribution in [1.29, 1.82) is 5.26 Å². The lowest BCUT2D eigenvalue weighted by Crippen LogP contribution is -2.31. The number of likely N-dealkylation sites (N-methyl/N-ethyl adjacent to an activating group) is 1. The SMILES string of the molecule is CN1CCC[C@H]1COc1nc(NCc2cc(C3CC3)n[nH]2)c2c3c(c(-c4ccc(F)c5sc(N)c(C#N)c45)c(F)c2n1)COC3. The molecule has 13 heteroatoms. The number of halogens is 2. The summed E-state index contributed by atoms with van der Waals surface area (Å²) in [5, 5.41) is 21.8. The summed E-state index contributed by atoms with van der Waals surface area (Å²) in [4.78, 5) is 11.6. The summed E-state index contributed by atoms with van der Waals surface area (Å²) in [7, 11) is 2.06. The summed E-state index contributed by atoms with van der Waals surface area (Å²) in [6.45, 7) is 2.08. The number of ether oxygens (including phenoxy) is 2. The molecule has 4 N–H and O–H groups in total. The van der Waals surface area contributed by atoms with Crippen LogP contribution in [0.3, 0.4) is 0 Å². The van der Waals surface area contributed by atoms with Gasteiger partial charge in [-0.15, -0.1) is 11.3 Å². The number of H-pyrrole nitrogens is 1. The number of nitrogens with zero attached hydrogens (tertiary/aromatic N) is 5. The second-order valence-electron chi connectivity index (χ2n) is 12.0. The van der Waals surface area contributed by atoms with Crippen LogP contribution >= 0.6 is 11.3 Å². The van der Waals surface area contributed by atoms with Crippen LogP contribution in [0.15, 0.2) is 18.2 Å². The number of hydrogen-bond acceptors (Lipinski definition) is 10. The first-order valence-electron chi connectivity index (χ1n) is 15.1. The molecule has 5 aromatic rings. The Morgan fingerprint density at radius 1 is 1.20 bits per heavy atom. The van der Waals surface area contributed by atoms with Gasteiger partial charge in [-0.3, -0.25) is 5.10 Å². The minimum atomic E-state index is -0.623. The molecule has 1 saturated heterocycles. The Balaban J connectivity index is 1.29. The maximum atomic E-state index is 17.0. The first kappa shape index (κ1) is 28.1. The summed E-state index contributed by atoms with van der Waals surface area (Å²) >= 11 is 0.976. The van der Waals surface area contributed by atoms with E-state index in [2.05, 4.69) is 38.5 Å². The molecule has 2 aromatic carbocycles. The number of thiophene rings is 1. The second-order valence-corrected chi connectivity index (χ2v) is 13.1. The minimum Gasteiger partial charge on any atom is -0.462 e. The number of nitriles is 1. The highest BCUT2D eigenvalue weighted by Crippen LogP contribution is 2.47. The zero-order chi connectivity index (χ0) is 30.8. The van der Waals surface area contributed by atoms with Crippen molar-refractivity contribution in [2.75, 3.05) is 31.2 Å². The summed E-state index contributed by atoms with van der Waals surface area (Å²) < 4.78 is 44.2. The van der Waals surface area contributed by atoms with Gasteiger partial charge in [-0.05, 0) is 68.1 Å². The van der Waals surface area contributed by atoms with Crippen molar-refractivity contribution in [1.82, 2.24) is 25.1 Å². The Bertz CT molecular complexity index is 2030. The molecule has 8 rings (SSSR count). The van der Waals surface area contributed by atoms with Crippen LogP contribution in [0.1, 0.15) is 59.7 Å². The second kappa shape index (κ2) is 10.9. The molecule has 3 aromatic heterocycles. The Hall–Kier alpha value is -4.38. The fraction of sp³-hybridized carbons (Fsp3) is 0.375. The molecule has 5 heterocycles. The van der Waals surface area contributed by atoms with E-state index < -0.39 is 11.6 Å². The van der Waals surface area contributed by atoms with Gasteiger partial charge in [0, 0.05) is 22.9 Å². The highest BCUT2D eigenvalue weighted by atomic mass is 32.1. The van der Waals surface area contributed by atoms with Gasteiger partial charge in [0.05, 0.1) is 46.8 Å². The van der Waals surface area contributed by atoms with E-state index in [9.17, 15) is 9.65 Å². The highest BCUT2D eigenvalue weighted by molar-refractivity contribution is 7.23. The number of hydrogen-bond donors (Lipinski definition) is 3. The lowest BCUT2D eigenvalue weighted by atomic mass is 9.90. The molecule has 2 aliphatic heterocycles. The van der Waals surface area contributed by atoms with Gasteiger partial charge in [0.2, 0.25) is 0 Å². The average Bonchev–Trinajstić information content (AvgIpc) is 3.35. The van der Waals surface area contributed by atoms with Crippen molar-refractivity contribution in [3.63, 3.8) is 0 Å². The lowest BCUT2D eigenvalue weighted by Gasteiger charge is -2.20. The molecule has 1 aliphatic carbocycles. The predicted molar refractivity (Wildman–Crippen MR) is 167 cm³/mol. The van der Waals surface area contributed by atoms with Crippen LogP contribution in [-0.2, 0) is 24.5 Å². The van der Waals surface area contributed by atoms with Crippen LogP contribution in [0.5, 0.6) is 6.01 Å². The normalized spacial score (nSPS) is 18.1. The summed E-state index contributed by atoms with van der Waals surface area (Å²) in [6.07, 6.45) is 4.37. The molecule has 45 heavy (non-hydrogen) atoms. The number of nitrogen functional groups attached to an aromatic ring is 1. The maximum Gasteiger partial charge on any atom is 0.319 e. The van der Waals surface area contributed by atoms with Crippen molar-refractivity contribution in [3.8, 4) is 23.2 Å². The summed E-state index contributed by atoms with van der Waals surface area (Å²) in [6, 6.07) is 7.18. The lowest BCUT2D eigenvalue weighted by molar-refractivity contribution is 0.135. The maximum absolute atomic E-state index is 17.0. The van der Waals surface area contributed by atoms with Gasteiger partial charge in [0.1, 0.15) is 34.8 Å². The highest BCUT2D eigenvalue weighted by Gasteiger charge is 2.31. The molecule has 230 valence electrons. The average molecular weight is 629 g/mol. The molecular formula is C32H30F2N8O2S. The number of aromatic amines is 1. The number of fused-ring (bicyclic) bond motifs is 4. The number of likely N-dealkylation sites (tertiary alicyclic amines) is 1. The zero-order valence-corrected chi connectivity index (χ0v) is 25.4. The van der Waals surface area contributed by atoms with Gasteiger partial charge in [0.25, 0.3) is 0 Å². The van der Waals surface area contributed by atoms with Crippen molar-refractivity contribution in [2.45, 2.75) is 57.4 Å². The molecule has 0 unspecified atom stereocenters. The van der Waals surface area contributed by atoms with Crippen molar-refractivity contribution >= 4 is 43.1 Å². The Morgan fingerprint density at radius 3 is 2.82 bits per heavy atom. The van der Waals surface area contributed by atoms with Crippen molar-refractivity contribution < 1.29 is 18.3 Å². The number of nitrogens with two attached hydrogens (primary N) is 1. The number of nitrogens with one attached hydrogen (secondary N) is 2. The smallest absolute Gasteiger partial charge is 0.319 e. The minimum absolute atomic E-state index is 0.0547. The van der Waals surface area contributed by atoms with Crippen LogP contribution in [0.4, 0.5) is 19.6 Å². The molecule has 0 bridgehead atoms. The van der Waals surface area contributed by atoms with Crippen LogP contribution in [-0.4, -0.2) is 51.3 Å². The van der Waals surface area contributed by atoms with Gasteiger partial charge < -0.3 is 25.4 Å². The number of aromatic nitrogens is 4. The van der Waals surface area contributed by atoms with E-state index in [1.807, 2.05) is 6.07 Å². The third-order valence-electron chi connectivity index (χ3n) is 9.14. The molecular weight excluding hydrogens is 598 g/mol. The Labute approximate surface area is 261 Å². The van der Waals surface area contributed by atoms with E-state index in [-0.39, 0.29) is 57.0 Å². The number of benzene rings is 2. The fourth-order valence-electron chi connectivity index (χ4n) is 6.59. The van der Waals surface area contributed by atoms with E-state index in [1.165, 1.54) is 12.1 Å². The fourth-order valence-corrected chi connectivity index (χ4v) is 7.54. The zero-order valence-electron chi connectivity index (χ0n) is 24.5. The Morgan fingerprint density at radius 2 is 2.04 bits per heavy atom. The largest absolute Gasteiger partial charge is 0.462 e. The number of anilines is 2. The van der Waals surface area contributed by atoms with E-state index in [0.29, 0.717) is 41.4 Å². The van der Waals surface area contributed by atoms with Crippen molar-refractivity contribution in [3.05, 3.63) is 57.9 Å². The topological polar surface area (TPSA) is 138 Å². The quantitative estimate of drug-likeness (QED) is 0.190. The summed E-state index contributed by atoms with van der Waals surface area (Å²) in [5.41, 5.74) is 10.1. The molecule has 10 nitrogen and oxygen atoms in total. The van der Waals surface area contributed by atoms with E-state index in [0.717, 1.165) is 60.5 Å². The molecule has 0 radical (unpaired) electrons. The molecule has 0 amide bonds. The van der Waals surface area contributed by atoms with Gasteiger partial charge in [0.15, 0.2) is 5.82 Å². The van der Waals surface area contributed by atoms with Crippen LogP contribution in [0.25, 0.3) is 32.1 Å². The van der Waals surface area contributed by atoms with Crippen LogP contribution < -0.4 is 15.8 Å². The molecule has 2 fully saturated rings. The Kier molecular flexibility index (Phi) is 6.81. The summed E-state index contributed by atoms with van der Waals surface area (Å²) in [5.74, 6) is -0.214. The van der Waals surface area contributed by atoms with Crippen LogP contribution in [0.2, 0.25) is 0 Å². The predicted octanol–water partition coefficient (Wildman–Crippen LogP) is 5.96. The van der Waals surface area contributed by atoms with Gasteiger partial charge in [-0.25, -0.2) is 8.78 Å². The monoisotopic (exact) mass is 628 g/mol. The molecule has 0 spiro atoms. The molecule has 1 atom stereocenters. The first-order valence-corrected chi connectivity index (χ1v) is 15.9.